The van der Waals surface area contributed by atoms with E-state index in [4.69, 9.17) is 14.2 Å². The standard InChI is InChI=1S/C19H20N6O5/c1-11-5-6-12(7-14(11)25(26)27)22-18-20-10-21-19(24-18)23-13-8-15(28-2)17(30-4)16(9-13)29-3/h5-10H,1-4H3,(H2,20,21,22,23,24). The summed E-state index contributed by atoms with van der Waals surface area (Å²) >= 11 is 0. The van der Waals surface area contributed by atoms with Crippen LogP contribution < -0.4 is 24.8 Å². The third kappa shape index (κ3) is 4.46. The van der Waals surface area contributed by atoms with Gasteiger partial charge in [-0.1, -0.05) is 6.07 Å². The number of benzene rings is 2. The van der Waals surface area contributed by atoms with E-state index in [1.165, 1.54) is 33.7 Å². The fourth-order valence-electron chi connectivity index (χ4n) is 2.71. The number of nitrogens with one attached hydrogen (secondary N) is 2. The molecule has 0 atom stereocenters. The zero-order valence-corrected chi connectivity index (χ0v) is 16.8. The van der Waals surface area contributed by atoms with Crippen molar-refractivity contribution in [2.75, 3.05) is 32.0 Å². The van der Waals surface area contributed by atoms with Crippen molar-refractivity contribution in [3.63, 3.8) is 0 Å². The third-order valence-corrected chi connectivity index (χ3v) is 4.15. The first-order valence-corrected chi connectivity index (χ1v) is 8.73. The number of hydrogen-bond donors (Lipinski definition) is 2. The Kier molecular flexibility index (Phi) is 6.11. The number of methoxy groups -OCH3 is 3. The second-order valence-corrected chi connectivity index (χ2v) is 6.06. The lowest BCUT2D eigenvalue weighted by Gasteiger charge is -2.14. The van der Waals surface area contributed by atoms with Crippen molar-refractivity contribution in [1.29, 1.82) is 0 Å². The quantitative estimate of drug-likeness (QED) is 0.417. The van der Waals surface area contributed by atoms with Crippen LogP contribution in [0.15, 0.2) is 36.7 Å². The van der Waals surface area contributed by atoms with Crippen LogP contribution in [-0.2, 0) is 0 Å². The van der Waals surface area contributed by atoms with Gasteiger partial charge in [-0.05, 0) is 13.0 Å². The first kappa shape index (κ1) is 20.6. The van der Waals surface area contributed by atoms with Gasteiger partial charge in [0.05, 0.1) is 26.3 Å². The van der Waals surface area contributed by atoms with Crippen LogP contribution in [0.3, 0.4) is 0 Å². The van der Waals surface area contributed by atoms with Gasteiger partial charge in [0.2, 0.25) is 17.6 Å². The lowest BCUT2D eigenvalue weighted by atomic mass is 10.2. The Labute approximate surface area is 172 Å². The maximum atomic E-state index is 11.1. The highest BCUT2D eigenvalue weighted by Crippen LogP contribution is 2.40. The van der Waals surface area contributed by atoms with Crippen molar-refractivity contribution in [3.05, 3.63) is 52.3 Å². The Morgan fingerprint density at radius 3 is 2.03 bits per heavy atom. The van der Waals surface area contributed by atoms with Gasteiger partial charge < -0.3 is 24.8 Å². The molecule has 0 radical (unpaired) electrons. The highest BCUT2D eigenvalue weighted by atomic mass is 16.6. The van der Waals surface area contributed by atoms with E-state index in [2.05, 4.69) is 25.6 Å². The molecule has 0 fully saturated rings. The van der Waals surface area contributed by atoms with E-state index in [1.807, 2.05) is 0 Å². The SMILES string of the molecule is COc1cc(Nc2ncnc(Nc3ccc(C)c([N+](=O)[O-])c3)n2)cc(OC)c1OC. The molecule has 0 saturated heterocycles. The predicted molar refractivity (Wildman–Crippen MR) is 110 cm³/mol. The molecule has 11 heteroatoms. The summed E-state index contributed by atoms with van der Waals surface area (Å²) in [4.78, 5) is 23.1. The minimum absolute atomic E-state index is 0.00447. The first-order chi connectivity index (χ1) is 14.4. The van der Waals surface area contributed by atoms with Crippen molar-refractivity contribution < 1.29 is 19.1 Å². The number of nitro benzene ring substituents is 1. The Balaban J connectivity index is 1.85. The van der Waals surface area contributed by atoms with Crippen molar-refractivity contribution in [2.45, 2.75) is 6.92 Å². The summed E-state index contributed by atoms with van der Waals surface area (Å²) in [6, 6.07) is 8.20. The molecule has 0 spiro atoms. The van der Waals surface area contributed by atoms with Crippen LogP contribution in [0.2, 0.25) is 0 Å². The molecule has 30 heavy (non-hydrogen) atoms. The van der Waals surface area contributed by atoms with Gasteiger partial charge in [-0.3, -0.25) is 10.1 Å². The largest absolute Gasteiger partial charge is 0.493 e. The average Bonchev–Trinajstić information content (AvgIpc) is 2.74. The van der Waals surface area contributed by atoms with Crippen LogP contribution in [-0.4, -0.2) is 41.2 Å². The second-order valence-electron chi connectivity index (χ2n) is 6.06. The lowest BCUT2D eigenvalue weighted by Crippen LogP contribution is -2.04. The van der Waals surface area contributed by atoms with Crippen LogP contribution in [0, 0.1) is 17.0 Å². The number of rotatable bonds is 8. The van der Waals surface area contributed by atoms with Gasteiger partial charge in [0, 0.05) is 35.1 Å². The second kappa shape index (κ2) is 8.90. The molecule has 0 amide bonds. The lowest BCUT2D eigenvalue weighted by molar-refractivity contribution is -0.385. The van der Waals surface area contributed by atoms with Crippen LogP contribution in [0.25, 0.3) is 0 Å². The van der Waals surface area contributed by atoms with Gasteiger partial charge in [0.1, 0.15) is 6.33 Å². The Morgan fingerprint density at radius 1 is 0.900 bits per heavy atom. The van der Waals surface area contributed by atoms with E-state index in [0.717, 1.165) is 0 Å². The van der Waals surface area contributed by atoms with Gasteiger partial charge in [-0.2, -0.15) is 4.98 Å². The van der Waals surface area contributed by atoms with Crippen molar-refractivity contribution in [3.8, 4) is 17.2 Å². The fraction of sp³-hybridized carbons (Fsp3) is 0.211. The van der Waals surface area contributed by atoms with Crippen LogP contribution >= 0.6 is 0 Å². The molecule has 0 aliphatic heterocycles. The molecule has 1 aromatic heterocycles. The average molecular weight is 412 g/mol. The van der Waals surface area contributed by atoms with E-state index in [0.29, 0.717) is 34.2 Å². The minimum Gasteiger partial charge on any atom is -0.493 e. The molecule has 156 valence electrons. The number of hydrogen-bond acceptors (Lipinski definition) is 10. The molecule has 3 aromatic rings. The predicted octanol–water partition coefficient (Wildman–Crippen LogP) is 3.60. The number of nitrogens with zero attached hydrogens (tertiary/aromatic N) is 4. The van der Waals surface area contributed by atoms with Gasteiger partial charge in [0.15, 0.2) is 11.5 Å². The molecule has 2 aromatic carbocycles. The highest BCUT2D eigenvalue weighted by Gasteiger charge is 2.15. The van der Waals surface area contributed by atoms with E-state index < -0.39 is 4.92 Å². The van der Waals surface area contributed by atoms with Crippen molar-refractivity contribution >= 4 is 29.0 Å². The van der Waals surface area contributed by atoms with Crippen LogP contribution in [0.1, 0.15) is 5.56 Å². The van der Waals surface area contributed by atoms with Crippen molar-refractivity contribution in [1.82, 2.24) is 15.0 Å². The topological polar surface area (TPSA) is 134 Å². The molecule has 1 heterocycles. The summed E-state index contributed by atoms with van der Waals surface area (Å²) in [5.74, 6) is 1.88. The number of ether oxygens (including phenoxy) is 3. The Hall–Kier alpha value is -4.15. The van der Waals surface area contributed by atoms with Crippen molar-refractivity contribution in [2.24, 2.45) is 0 Å². The normalized spacial score (nSPS) is 10.3. The number of nitro groups is 1. The molecule has 2 N–H and O–H groups in total. The highest BCUT2D eigenvalue weighted by molar-refractivity contribution is 5.66. The van der Waals surface area contributed by atoms with Gasteiger partial charge >= 0.3 is 0 Å². The summed E-state index contributed by atoms with van der Waals surface area (Å²) in [5, 5.41) is 17.1. The van der Waals surface area contributed by atoms with E-state index in [-0.39, 0.29) is 17.6 Å². The van der Waals surface area contributed by atoms with Gasteiger partial charge in [-0.15, -0.1) is 0 Å². The molecule has 0 saturated carbocycles. The summed E-state index contributed by atoms with van der Waals surface area (Å²) in [6.07, 6.45) is 1.32. The van der Waals surface area contributed by atoms with Gasteiger partial charge in [-0.25, -0.2) is 9.97 Å². The van der Waals surface area contributed by atoms with Crippen LogP contribution in [0.4, 0.5) is 29.0 Å². The summed E-state index contributed by atoms with van der Waals surface area (Å²) < 4.78 is 16.0. The zero-order chi connectivity index (χ0) is 21.7. The monoisotopic (exact) mass is 412 g/mol. The smallest absolute Gasteiger partial charge is 0.274 e. The van der Waals surface area contributed by atoms with E-state index in [1.54, 1.807) is 31.2 Å². The van der Waals surface area contributed by atoms with E-state index in [9.17, 15) is 10.1 Å². The molecule has 0 aliphatic rings. The molecule has 0 aliphatic carbocycles. The molecule has 3 rings (SSSR count). The summed E-state index contributed by atoms with van der Waals surface area (Å²) in [6.45, 7) is 1.67. The zero-order valence-electron chi connectivity index (χ0n) is 16.8. The number of aryl methyl sites for hydroxylation is 1. The Morgan fingerprint density at radius 2 is 1.50 bits per heavy atom. The minimum atomic E-state index is -0.439. The summed E-state index contributed by atoms with van der Waals surface area (Å²) in [7, 11) is 4.56. The fourth-order valence-corrected chi connectivity index (χ4v) is 2.71. The number of anilines is 4. The maximum absolute atomic E-state index is 11.1. The molecular weight excluding hydrogens is 392 g/mol. The van der Waals surface area contributed by atoms with Crippen LogP contribution in [0.5, 0.6) is 17.2 Å². The Bertz CT molecular complexity index is 1050. The molecule has 0 unspecified atom stereocenters. The first-order valence-electron chi connectivity index (χ1n) is 8.73. The number of aromatic nitrogens is 3. The molecule has 11 nitrogen and oxygen atoms in total. The molecular formula is C19H20N6O5. The maximum Gasteiger partial charge on any atom is 0.274 e. The summed E-state index contributed by atoms with van der Waals surface area (Å²) in [5.41, 5.74) is 1.65. The molecule has 0 bridgehead atoms. The third-order valence-electron chi connectivity index (χ3n) is 4.15. The van der Waals surface area contributed by atoms with E-state index >= 15 is 0 Å². The van der Waals surface area contributed by atoms with Gasteiger partial charge in [0.25, 0.3) is 5.69 Å².